The van der Waals surface area contributed by atoms with Crippen molar-refractivity contribution >= 4 is 17.7 Å². The highest BCUT2D eigenvalue weighted by Crippen LogP contribution is 2.21. The third-order valence-electron chi connectivity index (χ3n) is 3.77. The minimum atomic E-state index is 0.0809. The Hall–Kier alpha value is -1.000. The molecule has 2 rings (SSSR count). The highest BCUT2D eigenvalue weighted by atomic mass is 32.2. The predicted molar refractivity (Wildman–Crippen MR) is 86.1 cm³/mol. The van der Waals surface area contributed by atoms with E-state index in [-0.39, 0.29) is 11.9 Å². The summed E-state index contributed by atoms with van der Waals surface area (Å²) in [6.45, 7) is 6.30. The van der Waals surface area contributed by atoms with E-state index in [0.717, 1.165) is 13.1 Å². The van der Waals surface area contributed by atoms with E-state index in [1.807, 2.05) is 12.1 Å². The molecule has 1 aliphatic heterocycles. The molecule has 4 heteroatoms. The van der Waals surface area contributed by atoms with Gasteiger partial charge in [0, 0.05) is 5.25 Å². The van der Waals surface area contributed by atoms with Crippen LogP contribution in [-0.2, 0) is 4.79 Å². The van der Waals surface area contributed by atoms with E-state index in [2.05, 4.69) is 36.6 Å². The Kier molecular flexibility index (Phi) is 5.92. The summed E-state index contributed by atoms with van der Waals surface area (Å²) in [6.07, 6.45) is 2.34. The normalized spacial score (nSPS) is 17.7. The number of aryl methyl sites for hydroxylation is 1. The second-order valence-corrected chi connectivity index (χ2v) is 6.69. The number of hydrogen-bond acceptors (Lipinski definition) is 3. The van der Waals surface area contributed by atoms with E-state index in [0.29, 0.717) is 11.0 Å². The smallest absolute Gasteiger partial charge is 0.230 e. The molecule has 0 bridgehead atoms. The number of thioether (sulfide) groups is 1. The Balaban J connectivity index is 1.77. The molecule has 1 aromatic carbocycles. The van der Waals surface area contributed by atoms with Crippen LogP contribution in [-0.4, -0.2) is 30.0 Å². The first-order chi connectivity index (χ1) is 9.66. The lowest BCUT2D eigenvalue weighted by molar-refractivity contribution is -0.119. The van der Waals surface area contributed by atoms with Gasteiger partial charge in [-0.15, -0.1) is 11.8 Å². The topological polar surface area (TPSA) is 41.1 Å². The summed E-state index contributed by atoms with van der Waals surface area (Å²) >= 11 is 1.79. The first kappa shape index (κ1) is 15.4. The van der Waals surface area contributed by atoms with E-state index in [1.165, 1.54) is 24.0 Å². The highest BCUT2D eigenvalue weighted by molar-refractivity contribution is 8.00. The van der Waals surface area contributed by atoms with Crippen LogP contribution in [0, 0.1) is 6.92 Å². The number of rotatable bonds is 5. The summed E-state index contributed by atoms with van der Waals surface area (Å²) < 4.78 is 0. The van der Waals surface area contributed by atoms with Crippen molar-refractivity contribution in [2.24, 2.45) is 0 Å². The Morgan fingerprint density at radius 2 is 2.10 bits per heavy atom. The molecule has 0 radical (unpaired) electrons. The standard InChI is InChI=1S/C16H24N2OS/c1-12-5-3-4-6-15(12)13(2)18-16(19)11-20-14-7-9-17-10-8-14/h3-6,13-14,17H,7-11H2,1-2H3,(H,18,19)/t13-/m1/s1. The summed E-state index contributed by atoms with van der Waals surface area (Å²) in [6, 6.07) is 8.30. The molecule has 20 heavy (non-hydrogen) atoms. The third-order valence-corrected chi connectivity index (χ3v) is 5.14. The monoisotopic (exact) mass is 292 g/mol. The Morgan fingerprint density at radius 1 is 1.40 bits per heavy atom. The average Bonchev–Trinajstić information content (AvgIpc) is 2.46. The molecule has 1 saturated heterocycles. The summed E-state index contributed by atoms with van der Waals surface area (Å²) in [5, 5.41) is 7.08. The molecule has 1 fully saturated rings. The lowest BCUT2D eigenvalue weighted by Gasteiger charge is -2.22. The van der Waals surface area contributed by atoms with Crippen LogP contribution < -0.4 is 10.6 Å². The van der Waals surface area contributed by atoms with E-state index in [4.69, 9.17) is 0 Å². The van der Waals surface area contributed by atoms with Gasteiger partial charge in [0.15, 0.2) is 0 Å². The van der Waals surface area contributed by atoms with Gasteiger partial charge in [-0.25, -0.2) is 0 Å². The lowest BCUT2D eigenvalue weighted by atomic mass is 10.0. The van der Waals surface area contributed by atoms with Crippen LogP contribution in [0.3, 0.4) is 0 Å². The molecule has 1 aliphatic rings. The summed E-state index contributed by atoms with van der Waals surface area (Å²) in [7, 11) is 0. The van der Waals surface area contributed by atoms with Crippen molar-refractivity contribution in [3.8, 4) is 0 Å². The zero-order valence-corrected chi connectivity index (χ0v) is 13.1. The second-order valence-electron chi connectivity index (χ2n) is 5.41. The van der Waals surface area contributed by atoms with Crippen LogP contribution in [0.5, 0.6) is 0 Å². The third kappa shape index (κ3) is 4.53. The largest absolute Gasteiger partial charge is 0.349 e. The Morgan fingerprint density at radius 3 is 2.80 bits per heavy atom. The van der Waals surface area contributed by atoms with Crippen molar-refractivity contribution in [3.63, 3.8) is 0 Å². The van der Waals surface area contributed by atoms with Gasteiger partial charge >= 0.3 is 0 Å². The van der Waals surface area contributed by atoms with Gasteiger partial charge in [0.25, 0.3) is 0 Å². The average molecular weight is 292 g/mol. The van der Waals surface area contributed by atoms with E-state index in [1.54, 1.807) is 11.8 Å². The number of piperidine rings is 1. The summed E-state index contributed by atoms with van der Waals surface area (Å²) in [4.78, 5) is 12.0. The van der Waals surface area contributed by atoms with E-state index >= 15 is 0 Å². The molecule has 1 amide bonds. The molecule has 2 N–H and O–H groups in total. The van der Waals surface area contributed by atoms with Crippen molar-refractivity contribution in [3.05, 3.63) is 35.4 Å². The van der Waals surface area contributed by atoms with Gasteiger partial charge in [0.05, 0.1) is 11.8 Å². The van der Waals surface area contributed by atoms with Crippen LogP contribution >= 0.6 is 11.8 Å². The molecule has 0 aromatic heterocycles. The van der Waals surface area contributed by atoms with Gasteiger partial charge < -0.3 is 10.6 Å². The summed E-state index contributed by atoms with van der Waals surface area (Å²) in [5.74, 6) is 0.713. The van der Waals surface area contributed by atoms with Gasteiger partial charge in [0.1, 0.15) is 0 Å². The van der Waals surface area contributed by atoms with Crippen LogP contribution in [0.25, 0.3) is 0 Å². The molecule has 1 heterocycles. The maximum absolute atomic E-state index is 12.0. The molecule has 0 saturated carbocycles. The van der Waals surface area contributed by atoms with Crippen LogP contribution in [0.15, 0.2) is 24.3 Å². The number of nitrogens with one attached hydrogen (secondary N) is 2. The van der Waals surface area contributed by atoms with E-state index in [9.17, 15) is 4.79 Å². The number of carbonyl (C=O) groups is 1. The Bertz CT molecular complexity index is 444. The number of hydrogen-bond donors (Lipinski definition) is 2. The Labute approximate surface area is 125 Å². The number of amides is 1. The fraction of sp³-hybridized carbons (Fsp3) is 0.562. The number of benzene rings is 1. The molecule has 1 atom stereocenters. The predicted octanol–water partition coefficient (Wildman–Crippen LogP) is 2.66. The molecular weight excluding hydrogens is 268 g/mol. The SMILES string of the molecule is Cc1ccccc1[C@@H](C)NC(=O)CSC1CCNCC1. The quantitative estimate of drug-likeness (QED) is 0.876. The molecule has 1 aromatic rings. The highest BCUT2D eigenvalue weighted by Gasteiger charge is 2.16. The molecular formula is C16H24N2OS. The van der Waals surface area contributed by atoms with Crippen molar-refractivity contribution < 1.29 is 4.79 Å². The fourth-order valence-corrected chi connectivity index (χ4v) is 3.63. The van der Waals surface area contributed by atoms with Gasteiger partial charge in [-0.3, -0.25) is 4.79 Å². The minimum absolute atomic E-state index is 0.0809. The van der Waals surface area contributed by atoms with Crippen molar-refractivity contribution in [2.45, 2.75) is 38.0 Å². The fourth-order valence-electron chi connectivity index (χ4n) is 2.59. The molecule has 0 aliphatic carbocycles. The second kappa shape index (κ2) is 7.70. The van der Waals surface area contributed by atoms with Crippen molar-refractivity contribution in [1.82, 2.24) is 10.6 Å². The maximum Gasteiger partial charge on any atom is 0.230 e. The van der Waals surface area contributed by atoms with Crippen LogP contribution in [0.2, 0.25) is 0 Å². The molecule has 0 spiro atoms. The molecule has 3 nitrogen and oxygen atoms in total. The van der Waals surface area contributed by atoms with Crippen molar-refractivity contribution in [1.29, 1.82) is 0 Å². The number of carbonyl (C=O) groups excluding carboxylic acids is 1. The zero-order valence-electron chi connectivity index (χ0n) is 12.3. The van der Waals surface area contributed by atoms with Crippen LogP contribution in [0.1, 0.15) is 36.9 Å². The first-order valence-corrected chi connectivity index (χ1v) is 8.39. The first-order valence-electron chi connectivity index (χ1n) is 7.34. The van der Waals surface area contributed by atoms with Gasteiger partial charge in [-0.05, 0) is 50.9 Å². The van der Waals surface area contributed by atoms with Crippen molar-refractivity contribution in [2.75, 3.05) is 18.8 Å². The van der Waals surface area contributed by atoms with Crippen LogP contribution in [0.4, 0.5) is 0 Å². The zero-order chi connectivity index (χ0) is 14.4. The van der Waals surface area contributed by atoms with Gasteiger partial charge in [0.2, 0.25) is 5.91 Å². The maximum atomic E-state index is 12.0. The minimum Gasteiger partial charge on any atom is -0.349 e. The van der Waals surface area contributed by atoms with Gasteiger partial charge in [-0.2, -0.15) is 0 Å². The summed E-state index contributed by atoms with van der Waals surface area (Å²) in [5.41, 5.74) is 2.43. The van der Waals surface area contributed by atoms with Gasteiger partial charge in [-0.1, -0.05) is 24.3 Å². The lowest BCUT2D eigenvalue weighted by Crippen LogP contribution is -2.32. The van der Waals surface area contributed by atoms with E-state index < -0.39 is 0 Å². The molecule has 0 unspecified atom stereocenters. The molecule has 110 valence electrons.